The molecule has 0 aliphatic heterocycles. The summed E-state index contributed by atoms with van der Waals surface area (Å²) >= 11 is 0. The highest BCUT2D eigenvalue weighted by Crippen LogP contribution is 2.40. The Kier molecular flexibility index (Phi) is 6.97. The summed E-state index contributed by atoms with van der Waals surface area (Å²) in [5.74, 6) is 1.73. The van der Waals surface area contributed by atoms with Gasteiger partial charge in [-0.05, 0) is 45.3 Å². The van der Waals surface area contributed by atoms with Crippen LogP contribution < -0.4 is 18.6 Å². The quantitative estimate of drug-likeness (QED) is 0.264. The summed E-state index contributed by atoms with van der Waals surface area (Å²) in [6.45, 7) is 0. The number of hydrogen-bond acceptors (Lipinski definition) is 4. The average molecular weight is 509 g/mol. The lowest BCUT2D eigenvalue weighted by molar-refractivity contribution is -2.00. The van der Waals surface area contributed by atoms with Gasteiger partial charge < -0.3 is 0 Å². The lowest BCUT2D eigenvalue weighted by Crippen LogP contribution is -2.68. The van der Waals surface area contributed by atoms with Crippen molar-refractivity contribution in [3.8, 4) is 33.8 Å². The Balaban J connectivity index is 0.000000514. The van der Waals surface area contributed by atoms with Crippen LogP contribution in [0.2, 0.25) is 0 Å². The molecule has 0 aliphatic carbocycles. The van der Waals surface area contributed by atoms with Gasteiger partial charge in [0.2, 0.25) is 0 Å². The van der Waals surface area contributed by atoms with E-state index in [1.165, 1.54) is 27.1 Å². The highest BCUT2D eigenvalue weighted by molar-refractivity contribution is 6.12. The van der Waals surface area contributed by atoms with E-state index in [1.54, 1.807) is 0 Å². The van der Waals surface area contributed by atoms with Crippen molar-refractivity contribution in [2.75, 3.05) is 0 Å². The topological polar surface area (TPSA) is 104 Å². The van der Waals surface area contributed by atoms with E-state index < -0.39 is 10.2 Å². The van der Waals surface area contributed by atoms with Gasteiger partial charge in [0.15, 0.2) is 0 Å². The van der Waals surface area contributed by atoms with Crippen LogP contribution in [0.5, 0.6) is 0 Å². The minimum absolute atomic E-state index is 0.860. The van der Waals surface area contributed by atoms with Gasteiger partial charge in [-0.25, -0.2) is 23.1 Å². The summed E-state index contributed by atoms with van der Waals surface area (Å²) in [5.41, 5.74) is 4.51. The predicted octanol–water partition coefficient (Wildman–Crippen LogP) is 4.11. The second-order valence-corrected chi connectivity index (χ2v) is 9.13. The van der Waals surface area contributed by atoms with E-state index in [4.69, 9.17) is 23.1 Å². The molecule has 6 rings (SSSR count). The molecule has 5 nitrogen and oxygen atoms in total. The molecule has 0 aliphatic rings. The van der Waals surface area contributed by atoms with Gasteiger partial charge >= 0.3 is 11.5 Å². The van der Waals surface area contributed by atoms with Crippen LogP contribution >= 0.6 is 0 Å². The standard InChI is InChI=1S/C31H21O.ClHO4/c1-3-11-22(12-4-1)26-20-29(23-13-5-2-6-14-23)32-30(21-26)31-27-17-9-7-15-24(27)19-25-16-8-10-18-28(25)31;2-1(3,4)5/h1-21H;(H,2,3,4,5)/q+1;/p-1. The van der Waals surface area contributed by atoms with E-state index in [1.807, 2.05) is 24.3 Å². The van der Waals surface area contributed by atoms with Crippen molar-refractivity contribution in [3.05, 3.63) is 127 Å². The van der Waals surface area contributed by atoms with Crippen molar-refractivity contribution in [3.63, 3.8) is 0 Å². The SMILES string of the molecule is [O-][Cl+3]([O-])([O-])[O-].c1ccc(-c2cc(-c3ccccc3)[o+]c(-c3c4ccccc4cc4ccccc34)c2)cc1. The van der Waals surface area contributed by atoms with E-state index in [-0.39, 0.29) is 0 Å². The van der Waals surface area contributed by atoms with Gasteiger partial charge in [-0.15, -0.1) is 10.2 Å². The maximum atomic E-state index is 8.49. The van der Waals surface area contributed by atoms with Crippen LogP contribution in [-0.4, -0.2) is 0 Å². The zero-order chi connectivity index (χ0) is 25.8. The van der Waals surface area contributed by atoms with E-state index in [0.29, 0.717) is 0 Å². The molecule has 0 bridgehead atoms. The van der Waals surface area contributed by atoms with E-state index >= 15 is 0 Å². The van der Waals surface area contributed by atoms with E-state index in [0.717, 1.165) is 28.2 Å². The molecule has 0 atom stereocenters. The minimum atomic E-state index is -4.94. The van der Waals surface area contributed by atoms with Crippen LogP contribution in [-0.2, 0) is 0 Å². The summed E-state index contributed by atoms with van der Waals surface area (Å²) in [6.07, 6.45) is 0. The number of hydrogen-bond donors (Lipinski definition) is 0. The molecule has 1 aromatic heterocycles. The monoisotopic (exact) mass is 508 g/mol. The number of benzene rings is 5. The van der Waals surface area contributed by atoms with Gasteiger partial charge in [0.25, 0.3) is 0 Å². The Morgan fingerprint density at radius 1 is 0.432 bits per heavy atom. The highest BCUT2D eigenvalue weighted by atomic mass is 35.7. The summed E-state index contributed by atoms with van der Waals surface area (Å²) < 4.78 is 40.6. The second kappa shape index (κ2) is 10.5. The zero-order valence-corrected chi connectivity index (χ0v) is 20.3. The van der Waals surface area contributed by atoms with Crippen molar-refractivity contribution in [1.82, 2.24) is 0 Å². The highest BCUT2D eigenvalue weighted by Gasteiger charge is 2.24. The number of fused-ring (bicyclic) bond motifs is 2. The Hall–Kier alpha value is -4.10. The van der Waals surface area contributed by atoms with Gasteiger partial charge in [-0.2, -0.15) is 0 Å². The average Bonchev–Trinajstić information content (AvgIpc) is 2.91. The smallest absolute Gasteiger partial charge is 0.222 e. The molecule has 6 heteroatoms. The van der Waals surface area contributed by atoms with E-state index in [2.05, 4.69) is 103 Å². The van der Waals surface area contributed by atoms with Gasteiger partial charge in [-0.3, -0.25) is 0 Å². The normalized spacial score (nSPS) is 11.2. The molecule has 5 aromatic carbocycles. The molecule has 0 saturated heterocycles. The van der Waals surface area contributed by atoms with Crippen molar-refractivity contribution in [1.29, 1.82) is 0 Å². The van der Waals surface area contributed by atoms with Crippen molar-refractivity contribution in [2.45, 2.75) is 0 Å². The van der Waals surface area contributed by atoms with Crippen LogP contribution in [0.15, 0.2) is 132 Å². The second-order valence-electron chi connectivity index (χ2n) is 8.38. The van der Waals surface area contributed by atoms with Crippen LogP contribution in [0, 0.1) is 10.2 Å². The Bertz CT molecular complexity index is 1540. The predicted molar refractivity (Wildman–Crippen MR) is 134 cm³/mol. The van der Waals surface area contributed by atoms with Gasteiger partial charge in [0, 0.05) is 5.56 Å². The Labute approximate surface area is 215 Å². The molecule has 0 saturated carbocycles. The van der Waals surface area contributed by atoms with Crippen LogP contribution in [0.4, 0.5) is 0 Å². The summed E-state index contributed by atoms with van der Waals surface area (Å²) in [6, 6.07) is 44.5. The molecule has 0 amide bonds. The molecule has 1 heterocycles. The molecular weight excluding hydrogens is 488 g/mol. The summed E-state index contributed by atoms with van der Waals surface area (Å²) in [5, 5.41) is 4.81. The largest absolute Gasteiger partial charge is 0.362 e. The van der Waals surface area contributed by atoms with Crippen molar-refractivity contribution < 1.29 is 33.3 Å². The summed E-state index contributed by atoms with van der Waals surface area (Å²) in [7, 11) is -4.94. The van der Waals surface area contributed by atoms with Gasteiger partial charge in [0.1, 0.15) is 0 Å². The fourth-order valence-corrected chi connectivity index (χ4v) is 4.45. The lowest BCUT2D eigenvalue weighted by atomic mass is 9.93. The number of rotatable bonds is 3. The fourth-order valence-electron chi connectivity index (χ4n) is 4.45. The first kappa shape index (κ1) is 24.6. The van der Waals surface area contributed by atoms with Crippen molar-refractivity contribution >= 4 is 21.5 Å². The molecule has 6 aromatic rings. The Morgan fingerprint density at radius 3 is 1.41 bits per heavy atom. The van der Waals surface area contributed by atoms with Gasteiger partial charge in [0.05, 0.1) is 23.3 Å². The third kappa shape index (κ3) is 5.84. The summed E-state index contributed by atoms with van der Waals surface area (Å²) in [4.78, 5) is 0. The third-order valence-corrected chi connectivity index (χ3v) is 5.98. The first-order chi connectivity index (χ1) is 17.9. The Morgan fingerprint density at radius 2 is 0.865 bits per heavy atom. The molecule has 0 spiro atoms. The van der Waals surface area contributed by atoms with E-state index in [9.17, 15) is 0 Å². The maximum Gasteiger partial charge on any atom is 0.362 e. The van der Waals surface area contributed by atoms with Crippen LogP contribution in [0.1, 0.15) is 0 Å². The third-order valence-electron chi connectivity index (χ3n) is 5.98. The molecule has 182 valence electrons. The van der Waals surface area contributed by atoms with Crippen LogP contribution in [0.25, 0.3) is 55.3 Å². The molecule has 0 unspecified atom stereocenters. The first-order valence-corrected chi connectivity index (χ1v) is 12.7. The molecule has 37 heavy (non-hydrogen) atoms. The first-order valence-electron chi connectivity index (χ1n) is 11.5. The van der Waals surface area contributed by atoms with Crippen LogP contribution in [0.3, 0.4) is 0 Å². The number of halogens is 1. The maximum absolute atomic E-state index is 8.49. The molecular formula is C31H21ClO5. The zero-order valence-electron chi connectivity index (χ0n) is 19.5. The molecule has 0 fully saturated rings. The molecule has 0 N–H and O–H groups in total. The van der Waals surface area contributed by atoms with Gasteiger partial charge in [-0.1, -0.05) is 97.1 Å². The fraction of sp³-hybridized carbons (Fsp3) is 0. The van der Waals surface area contributed by atoms with Crippen molar-refractivity contribution in [2.24, 2.45) is 0 Å². The minimum Gasteiger partial charge on any atom is -0.222 e. The lowest BCUT2D eigenvalue weighted by Gasteiger charge is -2.17. The molecule has 0 radical (unpaired) electrons.